The van der Waals surface area contributed by atoms with E-state index in [4.69, 9.17) is 0 Å². The Morgan fingerprint density at radius 1 is 1.14 bits per heavy atom. The molecule has 2 aromatic carbocycles. The summed E-state index contributed by atoms with van der Waals surface area (Å²) >= 11 is 3.48. The molecule has 108 valence electrons. The maximum Gasteiger partial charge on any atom is 0.227 e. The molecule has 0 saturated carbocycles. The van der Waals surface area contributed by atoms with Crippen molar-refractivity contribution in [1.82, 2.24) is 0 Å². The van der Waals surface area contributed by atoms with Gasteiger partial charge in [-0.2, -0.15) is 0 Å². The van der Waals surface area contributed by atoms with Gasteiger partial charge in [0.05, 0.1) is 0 Å². The van der Waals surface area contributed by atoms with Crippen LogP contribution in [0, 0.1) is 0 Å². The van der Waals surface area contributed by atoms with Gasteiger partial charge in [0.25, 0.3) is 0 Å². The van der Waals surface area contributed by atoms with E-state index in [0.29, 0.717) is 6.42 Å². The van der Waals surface area contributed by atoms with Crippen LogP contribution in [0.1, 0.15) is 18.4 Å². The summed E-state index contributed by atoms with van der Waals surface area (Å²) in [5.41, 5.74) is 3.28. The SMILES string of the molecule is O=C1CCCN1c1ccc(NCc2cccc(Br)c2)cc1. The van der Waals surface area contributed by atoms with Crippen LogP contribution >= 0.6 is 15.9 Å². The first-order valence-electron chi connectivity index (χ1n) is 7.11. The van der Waals surface area contributed by atoms with Gasteiger partial charge >= 0.3 is 0 Å². The number of benzene rings is 2. The number of anilines is 2. The third kappa shape index (κ3) is 3.45. The normalized spacial score (nSPS) is 14.5. The van der Waals surface area contributed by atoms with Gasteiger partial charge in [-0.3, -0.25) is 4.79 Å². The molecule has 4 heteroatoms. The Kier molecular flexibility index (Phi) is 4.25. The molecule has 3 nitrogen and oxygen atoms in total. The molecule has 1 aliphatic rings. The van der Waals surface area contributed by atoms with Crippen LogP contribution in [0.25, 0.3) is 0 Å². The fourth-order valence-electron chi connectivity index (χ4n) is 2.53. The predicted octanol–water partition coefficient (Wildman–Crippen LogP) is 4.19. The highest BCUT2D eigenvalue weighted by Gasteiger charge is 2.21. The smallest absolute Gasteiger partial charge is 0.227 e. The van der Waals surface area contributed by atoms with E-state index in [1.807, 2.05) is 41.3 Å². The van der Waals surface area contributed by atoms with Crippen LogP contribution in [-0.4, -0.2) is 12.5 Å². The topological polar surface area (TPSA) is 32.3 Å². The van der Waals surface area contributed by atoms with Crippen LogP contribution in [0.15, 0.2) is 53.0 Å². The van der Waals surface area contributed by atoms with Gasteiger partial charge in [-0.1, -0.05) is 28.1 Å². The van der Waals surface area contributed by atoms with Gasteiger partial charge in [-0.05, 0) is 48.4 Å². The van der Waals surface area contributed by atoms with Gasteiger partial charge in [0.15, 0.2) is 0 Å². The molecular weight excluding hydrogens is 328 g/mol. The molecule has 0 bridgehead atoms. The molecule has 1 fully saturated rings. The van der Waals surface area contributed by atoms with Crippen molar-refractivity contribution in [2.45, 2.75) is 19.4 Å². The zero-order valence-electron chi connectivity index (χ0n) is 11.7. The van der Waals surface area contributed by atoms with Gasteiger partial charge < -0.3 is 10.2 Å². The third-order valence-electron chi connectivity index (χ3n) is 3.64. The minimum atomic E-state index is 0.227. The minimum Gasteiger partial charge on any atom is -0.381 e. The summed E-state index contributed by atoms with van der Waals surface area (Å²) in [6.07, 6.45) is 1.63. The van der Waals surface area contributed by atoms with E-state index < -0.39 is 0 Å². The average molecular weight is 345 g/mol. The summed E-state index contributed by atoms with van der Waals surface area (Å²) in [6.45, 7) is 1.62. The Morgan fingerprint density at radius 2 is 1.95 bits per heavy atom. The number of amides is 1. The van der Waals surface area contributed by atoms with Gasteiger partial charge in [0.2, 0.25) is 5.91 Å². The number of hydrogen-bond acceptors (Lipinski definition) is 2. The Hall–Kier alpha value is -1.81. The van der Waals surface area contributed by atoms with Gasteiger partial charge in [0.1, 0.15) is 0 Å². The molecule has 1 saturated heterocycles. The van der Waals surface area contributed by atoms with Crippen LogP contribution in [0.4, 0.5) is 11.4 Å². The fourth-order valence-corrected chi connectivity index (χ4v) is 2.98. The van der Waals surface area contributed by atoms with Gasteiger partial charge in [-0.15, -0.1) is 0 Å². The van der Waals surface area contributed by atoms with Crippen molar-refractivity contribution in [3.05, 3.63) is 58.6 Å². The number of rotatable bonds is 4. The summed E-state index contributed by atoms with van der Waals surface area (Å²) < 4.78 is 1.09. The Balaban J connectivity index is 1.63. The van der Waals surface area contributed by atoms with Crippen molar-refractivity contribution in [2.75, 3.05) is 16.8 Å². The molecule has 21 heavy (non-hydrogen) atoms. The van der Waals surface area contributed by atoms with E-state index in [2.05, 4.69) is 33.4 Å². The van der Waals surface area contributed by atoms with Crippen LogP contribution in [0.3, 0.4) is 0 Å². The lowest BCUT2D eigenvalue weighted by atomic mass is 10.2. The van der Waals surface area contributed by atoms with Crippen LogP contribution in [0.2, 0.25) is 0 Å². The molecule has 0 spiro atoms. The fraction of sp³-hybridized carbons (Fsp3) is 0.235. The monoisotopic (exact) mass is 344 g/mol. The molecule has 1 heterocycles. The second kappa shape index (κ2) is 6.31. The first kappa shape index (κ1) is 14.1. The molecule has 0 aromatic heterocycles. The number of carbonyl (C=O) groups is 1. The number of nitrogens with zero attached hydrogens (tertiary/aromatic N) is 1. The lowest BCUT2D eigenvalue weighted by Gasteiger charge is -2.16. The zero-order valence-corrected chi connectivity index (χ0v) is 13.3. The average Bonchev–Trinajstić information content (AvgIpc) is 2.92. The van der Waals surface area contributed by atoms with Crippen molar-refractivity contribution >= 4 is 33.2 Å². The van der Waals surface area contributed by atoms with Crippen LogP contribution in [0.5, 0.6) is 0 Å². The predicted molar refractivity (Wildman–Crippen MR) is 89.5 cm³/mol. The Bertz CT molecular complexity index is 639. The lowest BCUT2D eigenvalue weighted by Crippen LogP contribution is -2.23. The van der Waals surface area contributed by atoms with E-state index in [-0.39, 0.29) is 5.91 Å². The van der Waals surface area contributed by atoms with E-state index >= 15 is 0 Å². The molecule has 0 radical (unpaired) electrons. The highest BCUT2D eigenvalue weighted by Crippen LogP contribution is 2.23. The maximum absolute atomic E-state index is 11.7. The Morgan fingerprint density at radius 3 is 2.62 bits per heavy atom. The third-order valence-corrected chi connectivity index (χ3v) is 4.13. The first-order chi connectivity index (χ1) is 10.2. The molecule has 2 aromatic rings. The van der Waals surface area contributed by atoms with Crippen molar-refractivity contribution in [2.24, 2.45) is 0 Å². The molecule has 1 amide bonds. The standard InChI is InChI=1S/C17H17BrN2O/c18-14-4-1-3-13(11-14)12-19-15-6-8-16(9-7-15)20-10-2-5-17(20)21/h1,3-4,6-9,11,19H,2,5,10,12H2. The minimum absolute atomic E-state index is 0.227. The van der Waals surface area contributed by atoms with Crippen molar-refractivity contribution in [3.63, 3.8) is 0 Å². The quantitative estimate of drug-likeness (QED) is 0.901. The second-order valence-corrected chi connectivity index (χ2v) is 6.09. The van der Waals surface area contributed by atoms with Gasteiger partial charge in [0, 0.05) is 35.4 Å². The molecule has 0 aliphatic carbocycles. The van der Waals surface area contributed by atoms with E-state index in [0.717, 1.165) is 35.4 Å². The largest absolute Gasteiger partial charge is 0.381 e. The summed E-state index contributed by atoms with van der Waals surface area (Å²) in [5, 5.41) is 3.39. The Labute approximate surface area is 133 Å². The number of hydrogen-bond donors (Lipinski definition) is 1. The highest BCUT2D eigenvalue weighted by atomic mass is 79.9. The molecule has 0 unspecified atom stereocenters. The number of carbonyl (C=O) groups excluding carboxylic acids is 1. The van der Waals surface area contributed by atoms with E-state index in [9.17, 15) is 4.79 Å². The lowest BCUT2D eigenvalue weighted by molar-refractivity contribution is -0.117. The van der Waals surface area contributed by atoms with E-state index in [1.54, 1.807) is 0 Å². The summed E-state index contributed by atoms with van der Waals surface area (Å²) in [4.78, 5) is 13.6. The summed E-state index contributed by atoms with van der Waals surface area (Å²) in [6, 6.07) is 16.3. The molecule has 3 rings (SSSR count). The molecule has 0 atom stereocenters. The van der Waals surface area contributed by atoms with E-state index in [1.165, 1.54) is 5.56 Å². The van der Waals surface area contributed by atoms with Crippen molar-refractivity contribution < 1.29 is 4.79 Å². The van der Waals surface area contributed by atoms with Crippen LogP contribution in [-0.2, 0) is 11.3 Å². The molecule has 1 aliphatic heterocycles. The van der Waals surface area contributed by atoms with Gasteiger partial charge in [-0.25, -0.2) is 0 Å². The summed E-state index contributed by atoms with van der Waals surface area (Å²) in [5.74, 6) is 0.227. The maximum atomic E-state index is 11.7. The molecule has 1 N–H and O–H groups in total. The second-order valence-electron chi connectivity index (χ2n) is 5.18. The van der Waals surface area contributed by atoms with Crippen molar-refractivity contribution in [3.8, 4) is 0 Å². The highest BCUT2D eigenvalue weighted by molar-refractivity contribution is 9.10. The summed E-state index contributed by atoms with van der Waals surface area (Å²) in [7, 11) is 0. The van der Waals surface area contributed by atoms with Crippen LogP contribution < -0.4 is 10.2 Å². The first-order valence-corrected chi connectivity index (χ1v) is 7.90. The zero-order chi connectivity index (χ0) is 14.7. The molecular formula is C17H17BrN2O. The van der Waals surface area contributed by atoms with Crippen molar-refractivity contribution in [1.29, 1.82) is 0 Å². The number of nitrogens with one attached hydrogen (secondary N) is 1. The number of halogens is 1.